The van der Waals surface area contributed by atoms with Crippen LogP contribution in [0.2, 0.25) is 5.02 Å². The molecule has 1 aromatic heterocycles. The molecule has 9 heteroatoms. The Bertz CT molecular complexity index is 1300. The molecule has 3 rings (SSSR count). The molecule has 7 nitrogen and oxygen atoms in total. The number of hydrogen-bond acceptors (Lipinski definition) is 6. The van der Waals surface area contributed by atoms with Gasteiger partial charge in [0.2, 0.25) is 10.0 Å². The van der Waals surface area contributed by atoms with Crippen molar-refractivity contribution in [3.05, 3.63) is 69.0 Å². The molecule has 0 aliphatic carbocycles. The molecule has 3 aromatic rings. The highest BCUT2D eigenvalue weighted by atomic mass is 35.5. The van der Waals surface area contributed by atoms with E-state index in [1.807, 2.05) is 6.92 Å². The van der Waals surface area contributed by atoms with E-state index in [0.717, 1.165) is 5.56 Å². The van der Waals surface area contributed by atoms with Crippen LogP contribution in [0.4, 0.5) is 0 Å². The number of halogens is 1. The molecule has 0 saturated heterocycles. The molecular weight excluding hydrogens is 442 g/mol. The minimum atomic E-state index is -3.96. The number of fused-ring (bicyclic) bond motifs is 1. The zero-order valence-electron chi connectivity index (χ0n) is 17.4. The largest absolute Gasteiger partial charge is 0.424 e. The molecule has 1 heterocycles. The third-order valence-electron chi connectivity index (χ3n) is 4.75. The summed E-state index contributed by atoms with van der Waals surface area (Å²) < 4.78 is 38.4. The van der Waals surface area contributed by atoms with Crippen LogP contribution in [0.15, 0.2) is 56.6 Å². The number of carbonyl (C=O) groups is 1. The molecule has 1 N–H and O–H groups in total. The topological polar surface area (TPSA) is 103 Å². The Hall–Kier alpha value is -2.68. The van der Waals surface area contributed by atoms with E-state index in [9.17, 15) is 18.0 Å². The minimum absolute atomic E-state index is 0.0342. The van der Waals surface area contributed by atoms with Crippen molar-refractivity contribution in [1.82, 2.24) is 4.72 Å². The van der Waals surface area contributed by atoms with Crippen molar-refractivity contribution in [2.24, 2.45) is 5.92 Å². The van der Waals surface area contributed by atoms with Gasteiger partial charge in [0.05, 0.1) is 9.92 Å². The quantitative estimate of drug-likeness (QED) is 0.337. The predicted molar refractivity (Wildman–Crippen MR) is 118 cm³/mol. The molecule has 31 heavy (non-hydrogen) atoms. The van der Waals surface area contributed by atoms with Crippen molar-refractivity contribution in [2.75, 3.05) is 0 Å². The summed E-state index contributed by atoms with van der Waals surface area (Å²) in [6.07, 6.45) is 0. The lowest BCUT2D eigenvalue weighted by atomic mass is 10.1. The van der Waals surface area contributed by atoms with Gasteiger partial charge in [0, 0.05) is 17.5 Å². The molecule has 1 atom stereocenters. The van der Waals surface area contributed by atoms with E-state index in [2.05, 4.69) is 4.72 Å². The maximum absolute atomic E-state index is 12.8. The molecule has 0 spiro atoms. The predicted octanol–water partition coefficient (Wildman–Crippen LogP) is 3.97. The van der Waals surface area contributed by atoms with E-state index in [0.29, 0.717) is 10.9 Å². The average Bonchev–Trinajstić information content (AvgIpc) is 2.67. The van der Waals surface area contributed by atoms with Crippen molar-refractivity contribution < 1.29 is 22.4 Å². The molecule has 164 valence electrons. The van der Waals surface area contributed by atoms with Crippen molar-refractivity contribution in [1.29, 1.82) is 0 Å². The lowest BCUT2D eigenvalue weighted by Crippen LogP contribution is -2.46. The van der Waals surface area contributed by atoms with Crippen LogP contribution in [0.5, 0.6) is 5.75 Å². The third kappa shape index (κ3) is 5.15. The summed E-state index contributed by atoms with van der Waals surface area (Å²) in [6.45, 7) is 6.95. The Morgan fingerprint density at radius 2 is 1.74 bits per heavy atom. The van der Waals surface area contributed by atoms with Gasteiger partial charge in [-0.3, -0.25) is 0 Å². The monoisotopic (exact) mass is 463 g/mol. The lowest BCUT2D eigenvalue weighted by molar-refractivity contribution is -0.137. The standard InChI is InChI=1S/C22H22ClNO6S/c1-12(2)21(24-31(27,28)15-7-5-13(3)6-8-15)22(26)30-19-11-18-16(10-17(19)23)14(4)9-20(25)29-18/h5-12,21,24H,1-4H3/t21-/m0/s1. The molecule has 0 saturated carbocycles. The average molecular weight is 464 g/mol. The van der Waals surface area contributed by atoms with Gasteiger partial charge in [0.15, 0.2) is 5.75 Å². The van der Waals surface area contributed by atoms with Crippen LogP contribution in [0, 0.1) is 19.8 Å². The van der Waals surface area contributed by atoms with Crippen molar-refractivity contribution in [2.45, 2.75) is 38.6 Å². The van der Waals surface area contributed by atoms with Gasteiger partial charge in [0.1, 0.15) is 11.6 Å². The minimum Gasteiger partial charge on any atom is -0.424 e. The first-order valence-corrected chi connectivity index (χ1v) is 11.4. The van der Waals surface area contributed by atoms with Crippen LogP contribution in [0.25, 0.3) is 11.0 Å². The second-order valence-corrected chi connectivity index (χ2v) is 9.73. The summed E-state index contributed by atoms with van der Waals surface area (Å²) in [5.74, 6) is -1.28. The fourth-order valence-corrected chi connectivity index (χ4v) is 4.51. The highest BCUT2D eigenvalue weighted by molar-refractivity contribution is 7.89. The van der Waals surface area contributed by atoms with Crippen molar-refractivity contribution in [3.63, 3.8) is 0 Å². The first kappa shape index (κ1) is 23.0. The fraction of sp³-hybridized carbons (Fsp3) is 0.273. The lowest BCUT2D eigenvalue weighted by Gasteiger charge is -2.21. The Kier molecular flexibility index (Phi) is 6.54. The summed E-state index contributed by atoms with van der Waals surface area (Å²) in [5, 5.41) is 0.728. The van der Waals surface area contributed by atoms with E-state index in [1.54, 1.807) is 32.9 Å². The van der Waals surface area contributed by atoms with Crippen LogP contribution in [-0.4, -0.2) is 20.4 Å². The number of aryl methyl sites for hydroxylation is 2. The summed E-state index contributed by atoms with van der Waals surface area (Å²) in [6, 6.07) is 9.30. The van der Waals surface area contributed by atoms with Crippen LogP contribution in [-0.2, 0) is 14.8 Å². The van der Waals surface area contributed by atoms with E-state index in [1.165, 1.54) is 30.3 Å². The molecule has 0 aliphatic heterocycles. The highest BCUT2D eigenvalue weighted by Crippen LogP contribution is 2.31. The van der Waals surface area contributed by atoms with Gasteiger partial charge < -0.3 is 9.15 Å². The normalized spacial score (nSPS) is 12.8. The van der Waals surface area contributed by atoms with Gasteiger partial charge >= 0.3 is 11.6 Å². The summed E-state index contributed by atoms with van der Waals surface area (Å²) >= 11 is 6.25. The van der Waals surface area contributed by atoms with Crippen LogP contribution in [0.1, 0.15) is 25.0 Å². The van der Waals surface area contributed by atoms with Crippen molar-refractivity contribution >= 4 is 38.6 Å². The smallest absolute Gasteiger partial charge is 0.336 e. The summed E-state index contributed by atoms with van der Waals surface area (Å²) in [7, 11) is -3.96. The number of sulfonamides is 1. The number of carbonyl (C=O) groups excluding carboxylic acids is 1. The zero-order chi connectivity index (χ0) is 22.9. The zero-order valence-corrected chi connectivity index (χ0v) is 19.0. The van der Waals surface area contributed by atoms with Gasteiger partial charge in [0.25, 0.3) is 0 Å². The molecule has 0 bridgehead atoms. The molecule has 2 aromatic carbocycles. The maximum Gasteiger partial charge on any atom is 0.336 e. The Morgan fingerprint density at radius 3 is 2.35 bits per heavy atom. The first-order valence-electron chi connectivity index (χ1n) is 9.52. The molecule has 0 unspecified atom stereocenters. The van der Waals surface area contributed by atoms with Gasteiger partial charge in [-0.15, -0.1) is 0 Å². The van der Waals surface area contributed by atoms with Gasteiger partial charge in [-0.05, 0) is 43.5 Å². The van der Waals surface area contributed by atoms with Crippen LogP contribution in [0.3, 0.4) is 0 Å². The molecule has 0 aliphatic rings. The number of nitrogens with one attached hydrogen (secondary N) is 1. The van der Waals surface area contributed by atoms with Crippen molar-refractivity contribution in [3.8, 4) is 5.75 Å². The second kappa shape index (κ2) is 8.82. The van der Waals surface area contributed by atoms with Gasteiger partial charge in [-0.25, -0.2) is 18.0 Å². The summed E-state index contributed by atoms with van der Waals surface area (Å²) in [4.78, 5) is 24.5. The first-order chi connectivity index (χ1) is 14.5. The van der Waals surface area contributed by atoms with E-state index >= 15 is 0 Å². The fourth-order valence-electron chi connectivity index (χ4n) is 2.98. The van der Waals surface area contributed by atoms with E-state index in [4.69, 9.17) is 20.8 Å². The number of hydrogen-bond donors (Lipinski definition) is 1. The number of benzene rings is 2. The third-order valence-corrected chi connectivity index (χ3v) is 6.50. The molecule has 0 amide bonds. The summed E-state index contributed by atoms with van der Waals surface area (Å²) in [5.41, 5.74) is 1.23. The van der Waals surface area contributed by atoms with Gasteiger partial charge in [-0.2, -0.15) is 4.72 Å². The van der Waals surface area contributed by atoms with E-state index in [-0.39, 0.29) is 21.3 Å². The Labute approximate surface area is 185 Å². The second-order valence-electron chi connectivity index (χ2n) is 7.60. The molecule has 0 radical (unpaired) electrons. The number of rotatable bonds is 6. The van der Waals surface area contributed by atoms with E-state index < -0.39 is 33.6 Å². The van der Waals surface area contributed by atoms with Crippen LogP contribution >= 0.6 is 11.6 Å². The maximum atomic E-state index is 12.8. The molecular formula is C22H22ClNO6S. The van der Waals surface area contributed by atoms with Gasteiger partial charge in [-0.1, -0.05) is 43.1 Å². The number of ether oxygens (including phenoxy) is 1. The Morgan fingerprint density at radius 1 is 1.10 bits per heavy atom. The van der Waals surface area contributed by atoms with Crippen LogP contribution < -0.4 is 15.1 Å². The number of esters is 1. The Balaban J connectivity index is 1.90. The molecule has 0 fully saturated rings. The SMILES string of the molecule is Cc1ccc(S(=O)(=O)N[C@H](C(=O)Oc2cc3oc(=O)cc(C)c3cc2Cl)C(C)C)cc1. The highest BCUT2D eigenvalue weighted by Gasteiger charge is 2.30.